The molecule has 3 rings (SSSR count). The fourth-order valence-corrected chi connectivity index (χ4v) is 2.13. The van der Waals surface area contributed by atoms with Gasteiger partial charge in [-0.1, -0.05) is 6.07 Å². The average molecular weight is 253 g/mol. The molecule has 0 aliphatic heterocycles. The van der Waals surface area contributed by atoms with E-state index >= 15 is 0 Å². The van der Waals surface area contributed by atoms with E-state index in [1.807, 2.05) is 38.1 Å². The minimum atomic E-state index is 0.553. The van der Waals surface area contributed by atoms with Gasteiger partial charge >= 0.3 is 0 Å². The molecule has 0 fully saturated rings. The molecule has 2 aromatic carbocycles. The van der Waals surface area contributed by atoms with E-state index in [-0.39, 0.29) is 0 Å². The van der Waals surface area contributed by atoms with Crippen LogP contribution in [0.15, 0.2) is 34.7 Å². The predicted octanol–water partition coefficient (Wildman–Crippen LogP) is 3.28. The second kappa shape index (κ2) is 4.02. The first kappa shape index (κ1) is 11.6. The third kappa shape index (κ3) is 1.91. The van der Waals surface area contributed by atoms with Crippen LogP contribution in [0.5, 0.6) is 0 Å². The second-order valence-corrected chi connectivity index (χ2v) is 4.77. The summed E-state index contributed by atoms with van der Waals surface area (Å²) in [6.45, 7) is 3.96. The monoisotopic (exact) mass is 253 g/mol. The molecule has 0 spiro atoms. The molecule has 0 saturated carbocycles. The minimum Gasteiger partial charge on any atom is -0.436 e. The summed E-state index contributed by atoms with van der Waals surface area (Å²) in [6, 6.07) is 9.49. The van der Waals surface area contributed by atoms with E-state index in [0.717, 1.165) is 27.8 Å². The number of hydrogen-bond acceptors (Lipinski definition) is 4. The van der Waals surface area contributed by atoms with Gasteiger partial charge in [0, 0.05) is 16.9 Å². The van der Waals surface area contributed by atoms with Gasteiger partial charge in [-0.25, -0.2) is 4.98 Å². The van der Waals surface area contributed by atoms with Gasteiger partial charge in [-0.3, -0.25) is 0 Å². The molecule has 0 unspecified atom stereocenters. The number of benzene rings is 2. The molecule has 0 aliphatic rings. The molecule has 0 amide bonds. The van der Waals surface area contributed by atoms with Crippen molar-refractivity contribution in [3.63, 3.8) is 0 Å². The van der Waals surface area contributed by atoms with Crippen molar-refractivity contribution in [2.45, 2.75) is 13.8 Å². The van der Waals surface area contributed by atoms with Crippen LogP contribution in [0.4, 0.5) is 11.4 Å². The maximum absolute atomic E-state index is 5.93. The number of aromatic nitrogens is 1. The summed E-state index contributed by atoms with van der Waals surface area (Å²) in [7, 11) is 0. The van der Waals surface area contributed by atoms with Crippen LogP contribution in [0.3, 0.4) is 0 Å². The summed E-state index contributed by atoms with van der Waals surface area (Å²) < 4.78 is 5.78. The highest BCUT2D eigenvalue weighted by molar-refractivity contribution is 5.80. The highest BCUT2D eigenvalue weighted by atomic mass is 16.3. The molecule has 0 radical (unpaired) electrons. The van der Waals surface area contributed by atoms with Crippen LogP contribution in [-0.2, 0) is 0 Å². The Morgan fingerprint density at radius 1 is 1.05 bits per heavy atom. The number of anilines is 2. The minimum absolute atomic E-state index is 0.553. The van der Waals surface area contributed by atoms with Crippen LogP contribution in [0.1, 0.15) is 11.1 Å². The Morgan fingerprint density at radius 2 is 1.84 bits per heavy atom. The number of nitrogen functional groups attached to an aromatic ring is 2. The largest absolute Gasteiger partial charge is 0.436 e. The lowest BCUT2D eigenvalue weighted by molar-refractivity contribution is 0.619. The van der Waals surface area contributed by atoms with E-state index in [0.29, 0.717) is 17.3 Å². The van der Waals surface area contributed by atoms with Gasteiger partial charge in [-0.2, -0.15) is 0 Å². The molecule has 0 aliphatic carbocycles. The fraction of sp³-hybridized carbons (Fsp3) is 0.133. The SMILES string of the molecule is Cc1ccc2oc(-c3cc(N)cc(N)c3C)nc2c1. The first-order valence-electron chi connectivity index (χ1n) is 6.08. The predicted molar refractivity (Wildman–Crippen MR) is 77.7 cm³/mol. The molecule has 19 heavy (non-hydrogen) atoms. The summed E-state index contributed by atoms with van der Waals surface area (Å²) >= 11 is 0. The van der Waals surface area contributed by atoms with Gasteiger partial charge in [0.1, 0.15) is 5.52 Å². The van der Waals surface area contributed by atoms with Crippen LogP contribution < -0.4 is 11.5 Å². The van der Waals surface area contributed by atoms with Gasteiger partial charge < -0.3 is 15.9 Å². The van der Waals surface area contributed by atoms with Crippen molar-refractivity contribution in [3.05, 3.63) is 41.5 Å². The molecule has 1 aromatic heterocycles. The molecule has 0 atom stereocenters. The van der Waals surface area contributed by atoms with Crippen molar-refractivity contribution in [1.82, 2.24) is 4.98 Å². The molecule has 4 N–H and O–H groups in total. The Morgan fingerprint density at radius 3 is 2.63 bits per heavy atom. The van der Waals surface area contributed by atoms with Crippen LogP contribution >= 0.6 is 0 Å². The zero-order chi connectivity index (χ0) is 13.6. The smallest absolute Gasteiger partial charge is 0.227 e. The molecule has 1 heterocycles. The van der Waals surface area contributed by atoms with Crippen molar-refractivity contribution in [3.8, 4) is 11.5 Å². The summed E-state index contributed by atoms with van der Waals surface area (Å²) in [5.74, 6) is 0.553. The zero-order valence-corrected chi connectivity index (χ0v) is 10.9. The van der Waals surface area contributed by atoms with Gasteiger partial charge in [-0.15, -0.1) is 0 Å². The normalized spacial score (nSPS) is 11.1. The second-order valence-electron chi connectivity index (χ2n) is 4.77. The Bertz CT molecular complexity index is 774. The van der Waals surface area contributed by atoms with Crippen LogP contribution in [0.25, 0.3) is 22.6 Å². The van der Waals surface area contributed by atoms with Crippen molar-refractivity contribution >= 4 is 22.5 Å². The number of rotatable bonds is 1. The van der Waals surface area contributed by atoms with Gasteiger partial charge in [0.15, 0.2) is 5.58 Å². The highest BCUT2D eigenvalue weighted by Crippen LogP contribution is 2.31. The zero-order valence-electron chi connectivity index (χ0n) is 10.9. The lowest BCUT2D eigenvalue weighted by atomic mass is 10.1. The van der Waals surface area contributed by atoms with Crippen molar-refractivity contribution in [2.75, 3.05) is 11.5 Å². The number of oxazole rings is 1. The Kier molecular flexibility index (Phi) is 2.45. The lowest BCUT2D eigenvalue weighted by Gasteiger charge is -2.06. The molecule has 4 nitrogen and oxygen atoms in total. The van der Waals surface area contributed by atoms with Crippen molar-refractivity contribution in [1.29, 1.82) is 0 Å². The summed E-state index contributed by atoms with van der Waals surface area (Å²) in [4.78, 5) is 4.51. The number of fused-ring (bicyclic) bond motifs is 1. The third-order valence-corrected chi connectivity index (χ3v) is 3.24. The average Bonchev–Trinajstić information content (AvgIpc) is 2.76. The van der Waals surface area contributed by atoms with E-state index in [1.165, 1.54) is 0 Å². The Labute approximate surface area is 111 Å². The lowest BCUT2D eigenvalue weighted by Crippen LogP contribution is -1.96. The molecular formula is C15H15N3O. The molecule has 3 aromatic rings. The Balaban J connectivity index is 2.24. The number of hydrogen-bond donors (Lipinski definition) is 2. The molecule has 0 bridgehead atoms. The van der Waals surface area contributed by atoms with Crippen LogP contribution in [0.2, 0.25) is 0 Å². The van der Waals surface area contributed by atoms with Gasteiger partial charge in [-0.05, 0) is 49.2 Å². The fourth-order valence-electron chi connectivity index (χ4n) is 2.13. The maximum atomic E-state index is 5.93. The van der Waals surface area contributed by atoms with E-state index in [1.54, 1.807) is 6.07 Å². The first-order valence-corrected chi connectivity index (χ1v) is 6.08. The standard InChI is InChI=1S/C15H15N3O/c1-8-3-4-14-13(5-8)18-15(19-14)11-6-10(16)7-12(17)9(11)2/h3-7H,16-17H2,1-2H3. The highest BCUT2D eigenvalue weighted by Gasteiger charge is 2.13. The third-order valence-electron chi connectivity index (χ3n) is 3.24. The molecule has 4 heteroatoms. The number of nitrogens with zero attached hydrogens (tertiary/aromatic N) is 1. The molecule has 96 valence electrons. The molecule has 0 saturated heterocycles. The van der Waals surface area contributed by atoms with E-state index < -0.39 is 0 Å². The quantitative estimate of drug-likeness (QED) is 0.652. The van der Waals surface area contributed by atoms with Gasteiger partial charge in [0.2, 0.25) is 5.89 Å². The first-order chi connectivity index (χ1) is 9.04. The van der Waals surface area contributed by atoms with Crippen molar-refractivity contribution in [2.24, 2.45) is 0 Å². The number of nitrogens with two attached hydrogens (primary N) is 2. The number of aryl methyl sites for hydroxylation is 1. The van der Waals surface area contributed by atoms with Gasteiger partial charge in [0.05, 0.1) is 0 Å². The molecular weight excluding hydrogens is 238 g/mol. The van der Waals surface area contributed by atoms with Crippen LogP contribution in [-0.4, -0.2) is 4.98 Å². The topological polar surface area (TPSA) is 78.1 Å². The Hall–Kier alpha value is -2.49. The maximum Gasteiger partial charge on any atom is 0.227 e. The summed E-state index contributed by atoms with van der Waals surface area (Å²) in [5, 5.41) is 0. The van der Waals surface area contributed by atoms with E-state index in [4.69, 9.17) is 15.9 Å². The summed E-state index contributed by atoms with van der Waals surface area (Å²) in [6.07, 6.45) is 0. The van der Waals surface area contributed by atoms with E-state index in [2.05, 4.69) is 4.98 Å². The summed E-state index contributed by atoms with van der Waals surface area (Å²) in [5.41, 5.74) is 17.5. The van der Waals surface area contributed by atoms with E-state index in [9.17, 15) is 0 Å². The van der Waals surface area contributed by atoms with Crippen molar-refractivity contribution < 1.29 is 4.42 Å². The van der Waals surface area contributed by atoms with Gasteiger partial charge in [0.25, 0.3) is 0 Å². The van der Waals surface area contributed by atoms with Crippen LogP contribution in [0, 0.1) is 13.8 Å².